The first-order valence-electron chi connectivity index (χ1n) is 16.3. The van der Waals surface area contributed by atoms with Gasteiger partial charge in [0.15, 0.2) is 5.69 Å². The zero-order valence-corrected chi connectivity index (χ0v) is 27.6. The van der Waals surface area contributed by atoms with Gasteiger partial charge in [0.1, 0.15) is 23.6 Å². The van der Waals surface area contributed by atoms with E-state index in [0.29, 0.717) is 36.7 Å². The van der Waals surface area contributed by atoms with Crippen molar-refractivity contribution < 1.29 is 33.3 Å². The number of anilines is 1. The average molecular weight is 643 g/mol. The fourth-order valence-electron chi connectivity index (χ4n) is 6.13. The number of likely N-dealkylation sites (tertiary alicyclic amines) is 1. The summed E-state index contributed by atoms with van der Waals surface area (Å²) < 4.78 is 20.3. The van der Waals surface area contributed by atoms with Crippen LogP contribution in [0.5, 0.6) is 0 Å². The second-order valence-corrected chi connectivity index (χ2v) is 13.4. The molecule has 0 spiro atoms. The Morgan fingerprint density at radius 3 is 2.35 bits per heavy atom. The van der Waals surface area contributed by atoms with Crippen LogP contribution in [0.25, 0.3) is 0 Å². The van der Waals surface area contributed by atoms with Crippen LogP contribution in [-0.2, 0) is 20.8 Å². The molecule has 1 aliphatic heterocycles. The molecular formula is C33H47FN6O6. The Bertz CT molecular complexity index is 1410. The minimum Gasteiger partial charge on any atom is -0.390 e. The molecule has 1 aromatic heterocycles. The number of halogens is 1. The molecule has 2 fully saturated rings. The number of hydrogen-bond donors (Lipinski definition) is 4. The van der Waals surface area contributed by atoms with E-state index >= 15 is 4.39 Å². The van der Waals surface area contributed by atoms with Crippen molar-refractivity contribution in [3.8, 4) is 0 Å². The third-order valence-electron chi connectivity index (χ3n) is 9.58. The highest BCUT2D eigenvalue weighted by Crippen LogP contribution is 2.33. The number of aliphatic hydroxyl groups is 1. The number of rotatable bonds is 12. The highest BCUT2D eigenvalue weighted by molar-refractivity contribution is 6.01. The molecule has 12 nitrogen and oxygen atoms in total. The quantitative estimate of drug-likeness (QED) is 0.273. The van der Waals surface area contributed by atoms with Crippen LogP contribution < -0.4 is 16.0 Å². The summed E-state index contributed by atoms with van der Waals surface area (Å²) in [5.74, 6) is -2.78. The number of carbonyl (C=O) groups excluding carboxylic acids is 4. The normalized spacial score (nSPS) is 20.7. The molecule has 1 saturated heterocycles. The second-order valence-electron chi connectivity index (χ2n) is 13.4. The van der Waals surface area contributed by atoms with Gasteiger partial charge in [-0.05, 0) is 67.8 Å². The van der Waals surface area contributed by atoms with Crippen molar-refractivity contribution in [3.63, 3.8) is 0 Å². The SMILES string of the molecule is CCC(=O)N[C@@H](C(=O)N1CC(C(C)(C)O)C1)[C@@H](C)c1ccc(NC(=O)[C@@H](NC(=O)c2nonc2CC)C2CCC(C)CC2)c(F)c1. The monoisotopic (exact) mass is 642 g/mol. The van der Waals surface area contributed by atoms with E-state index in [0.717, 1.165) is 25.7 Å². The molecule has 252 valence electrons. The first kappa shape index (κ1) is 35.0. The zero-order valence-electron chi connectivity index (χ0n) is 27.6. The van der Waals surface area contributed by atoms with E-state index in [2.05, 4.69) is 33.2 Å². The number of benzene rings is 1. The van der Waals surface area contributed by atoms with E-state index in [4.69, 9.17) is 4.63 Å². The van der Waals surface area contributed by atoms with E-state index in [9.17, 15) is 24.3 Å². The molecule has 3 atom stereocenters. The number of aromatic nitrogens is 2. The summed E-state index contributed by atoms with van der Waals surface area (Å²) in [6.07, 6.45) is 3.86. The van der Waals surface area contributed by atoms with Gasteiger partial charge in [-0.3, -0.25) is 19.2 Å². The molecule has 13 heteroatoms. The van der Waals surface area contributed by atoms with E-state index in [-0.39, 0.29) is 41.5 Å². The molecule has 4 amide bonds. The summed E-state index contributed by atoms with van der Waals surface area (Å²) in [5.41, 5.74) is -0.152. The van der Waals surface area contributed by atoms with Crippen molar-refractivity contribution in [3.05, 3.63) is 41.0 Å². The van der Waals surface area contributed by atoms with Crippen LogP contribution in [-0.4, -0.2) is 74.7 Å². The Balaban J connectivity index is 1.50. The van der Waals surface area contributed by atoms with Crippen molar-refractivity contribution in [1.82, 2.24) is 25.8 Å². The molecule has 4 rings (SSSR count). The number of carbonyl (C=O) groups is 4. The Morgan fingerprint density at radius 2 is 1.76 bits per heavy atom. The zero-order chi connectivity index (χ0) is 33.8. The molecular weight excluding hydrogens is 595 g/mol. The van der Waals surface area contributed by atoms with Crippen molar-refractivity contribution in [1.29, 1.82) is 0 Å². The number of nitrogens with zero attached hydrogens (tertiary/aromatic N) is 3. The van der Waals surface area contributed by atoms with Gasteiger partial charge < -0.3 is 26.0 Å². The van der Waals surface area contributed by atoms with Crippen LogP contribution >= 0.6 is 0 Å². The summed E-state index contributed by atoms with van der Waals surface area (Å²) in [6, 6.07) is 2.41. The van der Waals surface area contributed by atoms with Gasteiger partial charge in [0.05, 0.1) is 11.3 Å². The maximum Gasteiger partial charge on any atom is 0.276 e. The van der Waals surface area contributed by atoms with Gasteiger partial charge in [0, 0.05) is 31.3 Å². The summed E-state index contributed by atoms with van der Waals surface area (Å²) >= 11 is 0. The lowest BCUT2D eigenvalue weighted by atomic mass is 9.79. The molecule has 46 heavy (non-hydrogen) atoms. The Labute approximate surface area is 269 Å². The Morgan fingerprint density at radius 1 is 1.09 bits per heavy atom. The van der Waals surface area contributed by atoms with Gasteiger partial charge >= 0.3 is 0 Å². The fraction of sp³-hybridized carbons (Fsp3) is 0.636. The molecule has 0 radical (unpaired) electrons. The molecule has 2 aliphatic rings. The maximum absolute atomic E-state index is 15.6. The lowest BCUT2D eigenvalue weighted by Crippen LogP contribution is -2.62. The minimum absolute atomic E-state index is 0.0158. The molecule has 0 unspecified atom stereocenters. The average Bonchev–Trinajstić information content (AvgIpc) is 3.47. The minimum atomic E-state index is -0.942. The van der Waals surface area contributed by atoms with Gasteiger partial charge in [0.2, 0.25) is 17.7 Å². The second kappa shape index (κ2) is 14.7. The summed E-state index contributed by atoms with van der Waals surface area (Å²) in [4.78, 5) is 54.1. The largest absolute Gasteiger partial charge is 0.390 e. The summed E-state index contributed by atoms with van der Waals surface area (Å²) in [5, 5.41) is 26.0. The lowest BCUT2D eigenvalue weighted by Gasteiger charge is -2.46. The van der Waals surface area contributed by atoms with Gasteiger partial charge in [-0.25, -0.2) is 9.02 Å². The first-order valence-corrected chi connectivity index (χ1v) is 16.3. The number of aryl methyl sites for hydroxylation is 1. The number of nitrogens with one attached hydrogen (secondary N) is 3. The molecule has 1 saturated carbocycles. The standard InChI is InChI=1S/C33H47FN6O6/c1-7-24-29(39-46-38-24)31(43)37-28(20-11-9-18(3)10-12-20)30(42)35-25-14-13-21(15-23(25)34)19(4)27(36-26(41)8-2)32(44)40-16-22(17-40)33(5,6)45/h13-15,18-20,22,27-28,45H,7-12,16-17H2,1-6H3,(H,35,42)(H,36,41)(H,37,43)/t18?,19-,20?,27+,28-/m0/s1. The third kappa shape index (κ3) is 8.09. The lowest BCUT2D eigenvalue weighted by molar-refractivity contribution is -0.149. The van der Waals surface area contributed by atoms with Crippen LogP contribution in [0.1, 0.15) is 101 Å². The smallest absolute Gasteiger partial charge is 0.276 e. The Kier molecular flexibility index (Phi) is 11.2. The molecule has 1 aliphatic carbocycles. The molecule has 4 N–H and O–H groups in total. The van der Waals surface area contributed by atoms with Crippen molar-refractivity contribution in [2.75, 3.05) is 18.4 Å². The third-order valence-corrected chi connectivity index (χ3v) is 9.58. The summed E-state index contributed by atoms with van der Waals surface area (Å²) in [7, 11) is 0. The summed E-state index contributed by atoms with van der Waals surface area (Å²) in [6.45, 7) is 11.5. The van der Waals surface area contributed by atoms with E-state index in [1.807, 2.05) is 6.92 Å². The van der Waals surface area contributed by atoms with E-state index in [1.54, 1.807) is 38.7 Å². The van der Waals surface area contributed by atoms with Gasteiger partial charge in [-0.1, -0.05) is 51.8 Å². The molecule has 1 aromatic carbocycles. The molecule has 2 aromatic rings. The molecule has 0 bridgehead atoms. The van der Waals surface area contributed by atoms with E-state index < -0.39 is 41.2 Å². The van der Waals surface area contributed by atoms with Crippen LogP contribution in [0.15, 0.2) is 22.8 Å². The van der Waals surface area contributed by atoms with Crippen molar-refractivity contribution in [2.45, 2.75) is 104 Å². The highest BCUT2D eigenvalue weighted by atomic mass is 19.1. The van der Waals surface area contributed by atoms with Gasteiger partial charge in [-0.2, -0.15) is 0 Å². The first-order chi connectivity index (χ1) is 21.7. The Hall–Kier alpha value is -3.87. The number of hydrogen-bond acceptors (Lipinski definition) is 8. The van der Waals surface area contributed by atoms with Crippen LogP contribution in [0.3, 0.4) is 0 Å². The topological polar surface area (TPSA) is 167 Å². The van der Waals surface area contributed by atoms with E-state index in [1.165, 1.54) is 12.1 Å². The van der Waals surface area contributed by atoms with Crippen LogP contribution in [0, 0.1) is 23.6 Å². The fourth-order valence-corrected chi connectivity index (χ4v) is 6.13. The van der Waals surface area contributed by atoms with Crippen LogP contribution in [0.2, 0.25) is 0 Å². The maximum atomic E-state index is 15.6. The van der Waals surface area contributed by atoms with Gasteiger partial charge in [0.25, 0.3) is 5.91 Å². The highest BCUT2D eigenvalue weighted by Gasteiger charge is 2.43. The van der Waals surface area contributed by atoms with Gasteiger partial charge in [-0.15, -0.1) is 0 Å². The van der Waals surface area contributed by atoms with Crippen molar-refractivity contribution in [2.24, 2.45) is 17.8 Å². The molecule has 2 heterocycles. The predicted octanol–water partition coefficient (Wildman–Crippen LogP) is 3.56. The van der Waals surface area contributed by atoms with Crippen molar-refractivity contribution >= 4 is 29.3 Å². The number of amides is 4. The predicted molar refractivity (Wildman–Crippen MR) is 168 cm³/mol. The van der Waals surface area contributed by atoms with Crippen LogP contribution in [0.4, 0.5) is 10.1 Å².